The number of hydrogen-bond acceptors (Lipinski definition) is 3. The van der Waals surface area contributed by atoms with Gasteiger partial charge < -0.3 is 5.73 Å². The largest absolute Gasteiger partial charge is 0.348 e. The van der Waals surface area contributed by atoms with Crippen molar-refractivity contribution in [1.29, 1.82) is 5.41 Å². The lowest BCUT2D eigenvalue weighted by Crippen LogP contribution is -2.30. The number of rotatable bonds is 2. The molecular weight excluding hydrogens is 158 g/mol. The van der Waals surface area contributed by atoms with E-state index >= 15 is 0 Å². The minimum atomic E-state index is -0.423. The van der Waals surface area contributed by atoms with E-state index < -0.39 is 6.04 Å². The fraction of sp³-hybridized carbons (Fsp3) is 0.714. The molecule has 1 aliphatic carbocycles. The lowest BCUT2D eigenvalue weighted by molar-refractivity contribution is -0.525. The number of nitrogens with zero attached hydrogens (tertiary/aromatic N) is 1. The molecule has 0 aromatic heterocycles. The van der Waals surface area contributed by atoms with Gasteiger partial charge in [0, 0.05) is 4.92 Å². The standard InChI is InChI=1S/C7H12N3O2/c8-7(9)5-1-3-6(4-2-5)10(11)12/h6H,1-4H2,(H3,8,9)/q+1. The van der Waals surface area contributed by atoms with E-state index in [1.54, 1.807) is 0 Å². The summed E-state index contributed by atoms with van der Waals surface area (Å²) >= 11 is 0. The molecule has 12 heavy (non-hydrogen) atoms. The molecule has 0 radical (unpaired) electrons. The minimum Gasteiger partial charge on any atom is -0.348 e. The van der Waals surface area contributed by atoms with Crippen molar-refractivity contribution in [2.45, 2.75) is 31.7 Å². The van der Waals surface area contributed by atoms with Crippen molar-refractivity contribution < 1.29 is 4.92 Å². The predicted octanol–water partition coefficient (Wildman–Crippen LogP) is 0.716. The van der Waals surface area contributed by atoms with Gasteiger partial charge in [-0.1, -0.05) is 0 Å². The molecule has 5 nitrogen and oxygen atoms in total. The van der Waals surface area contributed by atoms with Crippen LogP contribution >= 0.6 is 0 Å². The maximum absolute atomic E-state index is 10.3. The van der Waals surface area contributed by atoms with Gasteiger partial charge in [-0.05, 0) is 0 Å². The van der Waals surface area contributed by atoms with Gasteiger partial charge in [-0.2, -0.15) is 0 Å². The third kappa shape index (κ3) is 1.87. The lowest BCUT2D eigenvalue weighted by Gasteiger charge is -2.13. The van der Waals surface area contributed by atoms with Gasteiger partial charge >= 0.3 is 0 Å². The van der Waals surface area contributed by atoms with Crippen LogP contribution in [0, 0.1) is 21.4 Å². The second-order valence-electron chi connectivity index (χ2n) is 3.03. The van der Waals surface area contributed by atoms with E-state index in [-0.39, 0.29) is 10.8 Å². The van der Waals surface area contributed by atoms with E-state index in [0.29, 0.717) is 25.7 Å². The predicted molar refractivity (Wildman–Crippen MR) is 44.4 cm³/mol. The molecule has 0 unspecified atom stereocenters. The third-order valence-electron chi connectivity index (χ3n) is 2.24. The van der Waals surface area contributed by atoms with E-state index in [1.807, 2.05) is 0 Å². The van der Waals surface area contributed by atoms with Gasteiger partial charge in [-0.15, -0.1) is 0 Å². The summed E-state index contributed by atoms with van der Waals surface area (Å²) in [6, 6.07) is -0.423. The molecule has 5 heteroatoms. The Morgan fingerprint density at radius 2 is 2.08 bits per heavy atom. The number of nitro groups is 1. The third-order valence-corrected chi connectivity index (χ3v) is 2.24. The van der Waals surface area contributed by atoms with Crippen molar-refractivity contribution in [3.63, 3.8) is 0 Å². The van der Waals surface area contributed by atoms with Gasteiger partial charge in [0.25, 0.3) is 5.84 Å². The van der Waals surface area contributed by atoms with Crippen LogP contribution in [-0.2, 0) is 0 Å². The second kappa shape index (κ2) is 3.42. The smallest absolute Gasteiger partial charge is 0.284 e. The number of nitrogens with one attached hydrogen (secondary N) is 1. The fourth-order valence-electron chi connectivity index (χ4n) is 1.43. The molecule has 0 bridgehead atoms. The zero-order valence-electron chi connectivity index (χ0n) is 6.75. The molecule has 66 valence electrons. The number of nitrogens with two attached hydrogens (primary N) is 1. The second-order valence-corrected chi connectivity index (χ2v) is 3.03. The van der Waals surface area contributed by atoms with Gasteiger partial charge in [0.1, 0.15) is 12.8 Å². The van der Waals surface area contributed by atoms with Crippen LogP contribution in [0.2, 0.25) is 0 Å². The van der Waals surface area contributed by atoms with Gasteiger partial charge in [-0.25, -0.2) is 5.41 Å². The average Bonchev–Trinajstić information content (AvgIpc) is 2.04. The summed E-state index contributed by atoms with van der Waals surface area (Å²) in [6.45, 7) is 0. The Balaban J connectivity index is 2.39. The van der Waals surface area contributed by atoms with Crippen LogP contribution in [0.15, 0.2) is 0 Å². The summed E-state index contributed by atoms with van der Waals surface area (Å²) in [5, 5.41) is 17.5. The molecule has 3 N–H and O–H groups in total. The van der Waals surface area contributed by atoms with Crippen LogP contribution in [0.4, 0.5) is 0 Å². The number of amidine groups is 1. The summed E-state index contributed by atoms with van der Waals surface area (Å²) in [4.78, 5) is 10.1. The molecule has 0 aromatic rings. The zero-order valence-corrected chi connectivity index (χ0v) is 6.75. The van der Waals surface area contributed by atoms with Gasteiger partial charge in [0.05, 0.1) is 12.8 Å². The quantitative estimate of drug-likeness (QED) is 0.210. The molecule has 0 amide bonds. The first-order chi connectivity index (χ1) is 5.61. The molecule has 0 atom stereocenters. The van der Waals surface area contributed by atoms with E-state index in [9.17, 15) is 10.1 Å². The average molecular weight is 170 g/mol. The summed E-state index contributed by atoms with van der Waals surface area (Å²) in [5.41, 5.74) is 5.27. The van der Waals surface area contributed by atoms with E-state index in [4.69, 9.17) is 11.1 Å². The van der Waals surface area contributed by atoms with Gasteiger partial charge in [0.15, 0.2) is 5.92 Å². The Morgan fingerprint density at radius 1 is 1.58 bits per heavy atom. The Morgan fingerprint density at radius 3 is 2.42 bits per heavy atom. The molecule has 0 saturated heterocycles. The van der Waals surface area contributed by atoms with E-state index in [1.165, 1.54) is 0 Å². The Labute approximate surface area is 70.6 Å². The van der Waals surface area contributed by atoms with Crippen LogP contribution in [0.1, 0.15) is 25.7 Å². The molecule has 1 aliphatic rings. The first kappa shape index (κ1) is 8.83. The van der Waals surface area contributed by atoms with E-state index in [0.717, 1.165) is 5.92 Å². The van der Waals surface area contributed by atoms with Crippen LogP contribution in [0.3, 0.4) is 0 Å². The highest BCUT2D eigenvalue weighted by atomic mass is 16.6. The molecule has 1 saturated carbocycles. The molecule has 0 heterocycles. The molecule has 0 aliphatic heterocycles. The normalized spacial score (nSPS) is 19.2. The van der Waals surface area contributed by atoms with Crippen molar-refractivity contribution in [2.24, 2.45) is 5.73 Å². The van der Waals surface area contributed by atoms with Crippen molar-refractivity contribution in [2.75, 3.05) is 0 Å². The molecule has 1 rings (SSSR count). The minimum absolute atomic E-state index is 0.0943. The van der Waals surface area contributed by atoms with Crippen molar-refractivity contribution in [1.82, 2.24) is 0 Å². The fourth-order valence-corrected chi connectivity index (χ4v) is 1.43. The lowest BCUT2D eigenvalue weighted by atomic mass is 9.86. The van der Waals surface area contributed by atoms with Gasteiger partial charge in [-0.3, -0.25) is 10.1 Å². The monoisotopic (exact) mass is 170 g/mol. The summed E-state index contributed by atoms with van der Waals surface area (Å²) < 4.78 is 0. The Hall–Kier alpha value is -1.26. The van der Waals surface area contributed by atoms with Crippen LogP contribution in [0.5, 0.6) is 0 Å². The van der Waals surface area contributed by atoms with Crippen LogP contribution in [-0.4, -0.2) is 16.8 Å². The summed E-state index contributed by atoms with van der Waals surface area (Å²) in [5.74, 6) is 0.963. The van der Waals surface area contributed by atoms with Crippen molar-refractivity contribution in [3.8, 4) is 0 Å². The highest BCUT2D eigenvalue weighted by molar-refractivity contribution is 5.90. The highest BCUT2D eigenvalue weighted by Gasteiger charge is 2.37. The number of hydrogen-bond donors (Lipinski definition) is 2. The van der Waals surface area contributed by atoms with Crippen molar-refractivity contribution in [3.05, 3.63) is 16.0 Å². The Kier molecular flexibility index (Phi) is 2.52. The Bertz CT molecular complexity index is 175. The van der Waals surface area contributed by atoms with Crippen molar-refractivity contribution >= 4 is 5.84 Å². The zero-order chi connectivity index (χ0) is 9.14. The summed E-state index contributed by atoms with van der Waals surface area (Å²) in [7, 11) is 0. The SMILES string of the molecule is N=C(N)[C+]1CCC([N+](=O)[O-])CC1. The summed E-state index contributed by atoms with van der Waals surface area (Å²) in [6.07, 6.45) is 2.28. The first-order valence-electron chi connectivity index (χ1n) is 3.94. The molecular formula is C7H12N3O2+. The van der Waals surface area contributed by atoms with Gasteiger partial charge in [0.2, 0.25) is 6.04 Å². The topological polar surface area (TPSA) is 93.0 Å². The molecule has 0 aromatic carbocycles. The van der Waals surface area contributed by atoms with Crippen LogP contribution < -0.4 is 5.73 Å². The maximum atomic E-state index is 10.3. The maximum Gasteiger partial charge on any atom is 0.284 e. The molecule has 1 fully saturated rings. The van der Waals surface area contributed by atoms with E-state index in [2.05, 4.69) is 0 Å². The van der Waals surface area contributed by atoms with Crippen LogP contribution in [0.25, 0.3) is 0 Å². The first-order valence-corrected chi connectivity index (χ1v) is 3.94. The highest BCUT2D eigenvalue weighted by Crippen LogP contribution is 2.26. The molecule has 0 spiro atoms.